The van der Waals surface area contributed by atoms with Crippen LogP contribution in [0.3, 0.4) is 0 Å². The highest BCUT2D eigenvalue weighted by Crippen LogP contribution is 2.30. The number of carbonyl (C=O) groups is 1. The van der Waals surface area contributed by atoms with Crippen LogP contribution >= 0.6 is 0 Å². The largest absolute Gasteiger partial charge is 0.394 e. The number of allylic oxidation sites excluding steroid dienone is 1. The molecule has 0 saturated carbocycles. The molecule has 0 spiro atoms. The summed E-state index contributed by atoms with van der Waals surface area (Å²) >= 11 is 0. The molecule has 0 bridgehead atoms. The average molecular weight is 1040 g/mol. The molecule has 2 aliphatic rings. The summed E-state index contributed by atoms with van der Waals surface area (Å²) in [5, 5.41) is 86.9. The van der Waals surface area contributed by atoms with Crippen LogP contribution < -0.4 is 5.32 Å². The molecule has 0 aliphatic carbocycles. The fraction of sp³-hybridized carbons (Fsp3) is 0.949. The topological polar surface area (TPSA) is 228 Å². The van der Waals surface area contributed by atoms with Gasteiger partial charge in [0.05, 0.1) is 32.0 Å². The molecule has 2 fully saturated rings. The van der Waals surface area contributed by atoms with Gasteiger partial charge in [-0.3, -0.25) is 4.79 Å². The number of unbranched alkanes of at least 4 members (excludes halogenated alkanes) is 36. The maximum Gasteiger partial charge on any atom is 0.220 e. The second-order valence-electron chi connectivity index (χ2n) is 21.8. The smallest absolute Gasteiger partial charge is 0.220 e. The molecule has 73 heavy (non-hydrogen) atoms. The van der Waals surface area contributed by atoms with Crippen LogP contribution in [-0.4, -0.2) is 140 Å². The highest BCUT2D eigenvalue weighted by molar-refractivity contribution is 5.76. The number of ether oxygens (including phenoxy) is 4. The van der Waals surface area contributed by atoms with Gasteiger partial charge in [-0.25, -0.2) is 0 Å². The lowest BCUT2D eigenvalue weighted by Gasteiger charge is -2.46. The van der Waals surface area contributed by atoms with Gasteiger partial charge in [-0.05, 0) is 19.3 Å². The molecule has 0 aromatic heterocycles. The van der Waals surface area contributed by atoms with E-state index in [1.54, 1.807) is 6.08 Å². The Morgan fingerprint density at radius 1 is 0.479 bits per heavy atom. The molecule has 0 aromatic carbocycles. The molecule has 2 aliphatic heterocycles. The number of carbonyl (C=O) groups excluding carboxylic acids is 1. The van der Waals surface area contributed by atoms with Crippen LogP contribution in [0.25, 0.3) is 0 Å². The quantitative estimate of drug-likeness (QED) is 0.0204. The Morgan fingerprint density at radius 2 is 0.849 bits per heavy atom. The monoisotopic (exact) mass is 1040 g/mol. The van der Waals surface area contributed by atoms with E-state index in [2.05, 4.69) is 19.2 Å². The van der Waals surface area contributed by atoms with E-state index in [4.69, 9.17) is 18.9 Å². The molecule has 2 rings (SSSR count). The van der Waals surface area contributed by atoms with Gasteiger partial charge in [0.1, 0.15) is 48.8 Å². The Hall–Kier alpha value is -1.27. The lowest BCUT2D eigenvalue weighted by atomic mass is 9.97. The van der Waals surface area contributed by atoms with Gasteiger partial charge < -0.3 is 65.1 Å². The molecule has 14 nitrogen and oxygen atoms in total. The molecular formula is C59H113NO13. The number of aliphatic hydroxyl groups excluding tert-OH is 8. The highest BCUT2D eigenvalue weighted by atomic mass is 16.7. The summed E-state index contributed by atoms with van der Waals surface area (Å²) in [7, 11) is 0. The number of nitrogens with one attached hydrogen (secondary N) is 1. The Morgan fingerprint density at radius 3 is 1.26 bits per heavy atom. The van der Waals surface area contributed by atoms with Gasteiger partial charge in [-0.15, -0.1) is 0 Å². The van der Waals surface area contributed by atoms with Crippen molar-refractivity contribution in [1.29, 1.82) is 0 Å². The van der Waals surface area contributed by atoms with E-state index in [1.807, 2.05) is 6.08 Å². The first-order valence-corrected chi connectivity index (χ1v) is 30.4. The summed E-state index contributed by atoms with van der Waals surface area (Å²) in [6.07, 6.45) is 35.8. The highest BCUT2D eigenvalue weighted by Gasteiger charge is 2.51. The predicted octanol–water partition coefficient (Wildman–Crippen LogP) is 10.3. The molecule has 2 heterocycles. The molecule has 0 radical (unpaired) electrons. The van der Waals surface area contributed by atoms with Crippen molar-refractivity contribution in [3.05, 3.63) is 12.2 Å². The van der Waals surface area contributed by atoms with Gasteiger partial charge in [0.15, 0.2) is 12.6 Å². The third-order valence-electron chi connectivity index (χ3n) is 15.2. The number of hydrogen-bond donors (Lipinski definition) is 9. The molecule has 1 amide bonds. The summed E-state index contributed by atoms with van der Waals surface area (Å²) in [6, 6.07) is -0.908. The first-order valence-electron chi connectivity index (χ1n) is 30.4. The number of amides is 1. The zero-order valence-corrected chi connectivity index (χ0v) is 46.4. The van der Waals surface area contributed by atoms with E-state index in [0.29, 0.717) is 6.42 Å². The Labute approximate surface area is 444 Å². The zero-order valence-electron chi connectivity index (χ0n) is 46.4. The molecule has 2 saturated heterocycles. The molecule has 9 N–H and O–H groups in total. The van der Waals surface area contributed by atoms with Crippen LogP contribution in [0, 0.1) is 0 Å². The first-order chi connectivity index (χ1) is 35.6. The standard InChI is InChI=1S/C59H113NO13/c1-3-5-7-9-11-13-14-15-16-17-18-19-20-21-22-23-24-25-26-27-28-29-30-31-32-33-35-36-38-40-42-48(63)47(60-51(64)43-41-39-37-34-12-10-8-6-4-2)46-70-58-56(69)54(67)57(50(45-62)72-58)73-59-55(68)53(66)52(65)49(44-61)71-59/h40,42,47-50,52-59,61-63,65-69H,3-39,41,43-46H2,1-2H3,(H,60,64)/b42-40+. The average Bonchev–Trinajstić information content (AvgIpc) is 3.39. The Bertz CT molecular complexity index is 1280. The maximum atomic E-state index is 13.1. The van der Waals surface area contributed by atoms with E-state index in [0.717, 1.165) is 38.5 Å². The fourth-order valence-electron chi connectivity index (χ4n) is 10.3. The van der Waals surface area contributed by atoms with Crippen LogP contribution in [0.15, 0.2) is 12.2 Å². The normalized spacial score (nSPS) is 25.4. The summed E-state index contributed by atoms with van der Waals surface area (Å²) in [5.41, 5.74) is 0. The summed E-state index contributed by atoms with van der Waals surface area (Å²) in [4.78, 5) is 13.1. The van der Waals surface area contributed by atoms with E-state index >= 15 is 0 Å². The van der Waals surface area contributed by atoms with Crippen molar-refractivity contribution in [2.75, 3.05) is 19.8 Å². The second kappa shape index (κ2) is 45.7. The summed E-state index contributed by atoms with van der Waals surface area (Å²) in [5.74, 6) is -0.240. The molecule has 14 heteroatoms. The molecular weight excluding hydrogens is 931 g/mol. The second-order valence-corrected chi connectivity index (χ2v) is 21.8. The van der Waals surface area contributed by atoms with Crippen molar-refractivity contribution < 1.29 is 64.6 Å². The minimum Gasteiger partial charge on any atom is -0.394 e. The maximum absolute atomic E-state index is 13.1. The van der Waals surface area contributed by atoms with Gasteiger partial charge in [0.2, 0.25) is 5.91 Å². The van der Waals surface area contributed by atoms with Crippen LogP contribution in [0.1, 0.15) is 264 Å². The van der Waals surface area contributed by atoms with E-state index in [1.165, 1.54) is 199 Å². The number of aliphatic hydroxyl groups is 8. The summed E-state index contributed by atoms with van der Waals surface area (Å²) in [6.45, 7) is 2.79. The lowest BCUT2D eigenvalue weighted by Crippen LogP contribution is -2.65. The van der Waals surface area contributed by atoms with Gasteiger partial charge in [0, 0.05) is 6.42 Å². The minimum absolute atomic E-state index is 0.240. The Kier molecular flexibility index (Phi) is 42.5. The molecule has 432 valence electrons. The van der Waals surface area contributed by atoms with Gasteiger partial charge >= 0.3 is 0 Å². The molecule has 12 atom stereocenters. The minimum atomic E-state index is -1.78. The van der Waals surface area contributed by atoms with Crippen molar-refractivity contribution in [3.63, 3.8) is 0 Å². The van der Waals surface area contributed by atoms with Crippen LogP contribution in [-0.2, 0) is 23.7 Å². The van der Waals surface area contributed by atoms with E-state index < -0.39 is 86.8 Å². The predicted molar refractivity (Wildman–Crippen MR) is 291 cm³/mol. The SMILES string of the molecule is CCCCCCCCCCCCCCCCCCCCCCCCCCCCCC/C=C/C(O)C(COC1OC(CO)C(OC2OC(CO)C(O)C(O)C2O)C(O)C1O)NC(=O)CCCCCCCCCCC. The van der Waals surface area contributed by atoms with E-state index in [-0.39, 0.29) is 18.9 Å². The zero-order chi connectivity index (χ0) is 53.2. The van der Waals surface area contributed by atoms with Gasteiger partial charge in [-0.2, -0.15) is 0 Å². The first kappa shape index (κ1) is 67.8. The van der Waals surface area contributed by atoms with Crippen molar-refractivity contribution >= 4 is 5.91 Å². The fourth-order valence-corrected chi connectivity index (χ4v) is 10.3. The van der Waals surface area contributed by atoms with Crippen LogP contribution in [0.2, 0.25) is 0 Å². The van der Waals surface area contributed by atoms with Crippen molar-refractivity contribution in [3.8, 4) is 0 Å². The van der Waals surface area contributed by atoms with E-state index in [9.17, 15) is 45.6 Å². The van der Waals surface area contributed by atoms with Gasteiger partial charge in [0.25, 0.3) is 0 Å². The van der Waals surface area contributed by atoms with Crippen molar-refractivity contribution in [1.82, 2.24) is 5.32 Å². The van der Waals surface area contributed by atoms with Crippen LogP contribution in [0.4, 0.5) is 0 Å². The molecule has 0 aromatic rings. The number of hydrogen-bond acceptors (Lipinski definition) is 13. The third-order valence-corrected chi connectivity index (χ3v) is 15.2. The van der Waals surface area contributed by atoms with Crippen molar-refractivity contribution in [2.24, 2.45) is 0 Å². The Balaban J connectivity index is 1.64. The summed E-state index contributed by atoms with van der Waals surface area (Å²) < 4.78 is 22.7. The van der Waals surface area contributed by atoms with Gasteiger partial charge in [-0.1, -0.05) is 251 Å². The van der Waals surface area contributed by atoms with Crippen LogP contribution in [0.5, 0.6) is 0 Å². The number of rotatable bonds is 49. The third kappa shape index (κ3) is 31.7. The van der Waals surface area contributed by atoms with Crippen molar-refractivity contribution in [2.45, 2.75) is 338 Å². The molecule has 12 unspecified atom stereocenters. The lowest BCUT2D eigenvalue weighted by molar-refractivity contribution is -0.359.